The molecule has 0 spiro atoms. The largest absolute Gasteiger partial charge is 0.491 e. The Balaban J connectivity index is 2.04. The molecule has 0 saturated heterocycles. The van der Waals surface area contributed by atoms with Crippen molar-refractivity contribution in [3.63, 3.8) is 0 Å². The fourth-order valence-corrected chi connectivity index (χ4v) is 1.87. The second-order valence-electron chi connectivity index (χ2n) is 4.73. The van der Waals surface area contributed by atoms with E-state index in [-0.39, 0.29) is 6.10 Å². The van der Waals surface area contributed by atoms with Gasteiger partial charge in [-0.3, -0.25) is 0 Å². The summed E-state index contributed by atoms with van der Waals surface area (Å²) in [7, 11) is 0. The Morgan fingerprint density at radius 1 is 1.26 bits per heavy atom. The second-order valence-corrected chi connectivity index (χ2v) is 4.73. The maximum Gasteiger partial charge on any atom is 0.119 e. The van der Waals surface area contributed by atoms with E-state index >= 15 is 0 Å². The van der Waals surface area contributed by atoms with Crippen molar-refractivity contribution in [1.29, 1.82) is 0 Å². The summed E-state index contributed by atoms with van der Waals surface area (Å²) in [6, 6.07) is 8.06. The zero-order valence-corrected chi connectivity index (χ0v) is 11.4. The minimum absolute atomic E-state index is 0.192. The lowest BCUT2D eigenvalue weighted by molar-refractivity contribution is 0.242. The van der Waals surface area contributed by atoms with Crippen molar-refractivity contribution >= 4 is 0 Å². The van der Waals surface area contributed by atoms with Crippen LogP contribution < -0.4 is 10.5 Å². The van der Waals surface area contributed by atoms with Gasteiger partial charge in [0.15, 0.2) is 0 Å². The first-order chi connectivity index (χ1) is 9.19. The van der Waals surface area contributed by atoms with E-state index < -0.39 is 0 Å². The van der Waals surface area contributed by atoms with Crippen LogP contribution in [-0.2, 0) is 13.0 Å². The molecule has 0 saturated carbocycles. The number of hydrogen-bond donors (Lipinski definition) is 1. The van der Waals surface area contributed by atoms with Gasteiger partial charge < -0.3 is 10.5 Å². The molecule has 19 heavy (non-hydrogen) atoms. The van der Waals surface area contributed by atoms with Crippen molar-refractivity contribution in [3.8, 4) is 5.75 Å². The molecule has 0 amide bonds. The van der Waals surface area contributed by atoms with E-state index in [1.54, 1.807) is 6.20 Å². The molecular formula is C14H20N4O. The SMILES string of the molecule is CC(C)Oc1ccc(Cn2nncc2CCN)cc1. The third-order valence-electron chi connectivity index (χ3n) is 2.73. The van der Waals surface area contributed by atoms with Gasteiger partial charge in [0.1, 0.15) is 5.75 Å². The third-order valence-corrected chi connectivity index (χ3v) is 2.73. The Labute approximate surface area is 113 Å². The Morgan fingerprint density at radius 3 is 2.63 bits per heavy atom. The summed E-state index contributed by atoms with van der Waals surface area (Å²) in [5, 5.41) is 8.01. The molecule has 0 unspecified atom stereocenters. The summed E-state index contributed by atoms with van der Waals surface area (Å²) in [5.74, 6) is 0.888. The first-order valence-corrected chi connectivity index (χ1v) is 6.52. The molecule has 2 N–H and O–H groups in total. The zero-order chi connectivity index (χ0) is 13.7. The molecule has 5 nitrogen and oxygen atoms in total. The van der Waals surface area contributed by atoms with E-state index in [1.807, 2.05) is 42.8 Å². The van der Waals surface area contributed by atoms with Gasteiger partial charge in [-0.25, -0.2) is 4.68 Å². The molecule has 102 valence electrons. The highest BCUT2D eigenvalue weighted by Gasteiger charge is 2.04. The molecular weight excluding hydrogens is 240 g/mol. The number of rotatable bonds is 6. The highest BCUT2D eigenvalue weighted by Crippen LogP contribution is 2.14. The van der Waals surface area contributed by atoms with Gasteiger partial charge in [0.25, 0.3) is 0 Å². The van der Waals surface area contributed by atoms with Gasteiger partial charge in [-0.05, 0) is 38.1 Å². The van der Waals surface area contributed by atoms with Gasteiger partial charge in [-0.2, -0.15) is 0 Å². The van der Waals surface area contributed by atoms with Crippen molar-refractivity contribution < 1.29 is 4.74 Å². The monoisotopic (exact) mass is 260 g/mol. The Kier molecular flexibility index (Phi) is 4.52. The summed E-state index contributed by atoms with van der Waals surface area (Å²) in [6.07, 6.45) is 2.75. The van der Waals surface area contributed by atoms with Crippen LogP contribution in [0.2, 0.25) is 0 Å². The number of nitrogens with zero attached hydrogens (tertiary/aromatic N) is 3. The van der Waals surface area contributed by atoms with E-state index in [0.717, 1.165) is 17.9 Å². The smallest absolute Gasteiger partial charge is 0.119 e. The molecule has 0 aliphatic carbocycles. The van der Waals surface area contributed by atoms with Crippen LogP contribution in [0.4, 0.5) is 0 Å². The quantitative estimate of drug-likeness (QED) is 0.857. The molecule has 2 rings (SSSR count). The van der Waals surface area contributed by atoms with Crippen LogP contribution in [0, 0.1) is 0 Å². The minimum atomic E-state index is 0.192. The fraction of sp³-hybridized carbons (Fsp3) is 0.429. The number of nitrogens with two attached hydrogens (primary N) is 1. The number of ether oxygens (including phenoxy) is 1. The van der Waals surface area contributed by atoms with Crippen molar-refractivity contribution in [1.82, 2.24) is 15.0 Å². The average molecular weight is 260 g/mol. The lowest BCUT2D eigenvalue weighted by Gasteiger charge is -2.10. The van der Waals surface area contributed by atoms with Gasteiger partial charge in [0.05, 0.1) is 24.5 Å². The molecule has 0 aliphatic rings. The highest BCUT2D eigenvalue weighted by molar-refractivity contribution is 5.27. The van der Waals surface area contributed by atoms with E-state index in [1.165, 1.54) is 5.56 Å². The predicted octanol–water partition coefficient (Wildman–Crippen LogP) is 1.61. The summed E-state index contributed by atoms with van der Waals surface area (Å²) in [5.41, 5.74) is 7.79. The second kappa shape index (κ2) is 6.33. The molecule has 2 aromatic rings. The molecule has 1 aromatic carbocycles. The lowest BCUT2D eigenvalue weighted by atomic mass is 10.2. The van der Waals surface area contributed by atoms with Crippen LogP contribution in [0.15, 0.2) is 30.5 Å². The molecule has 0 atom stereocenters. The van der Waals surface area contributed by atoms with Crippen LogP contribution in [0.25, 0.3) is 0 Å². The topological polar surface area (TPSA) is 66.0 Å². The van der Waals surface area contributed by atoms with Crippen molar-refractivity contribution in [3.05, 3.63) is 41.7 Å². The zero-order valence-electron chi connectivity index (χ0n) is 11.4. The fourth-order valence-electron chi connectivity index (χ4n) is 1.87. The summed E-state index contributed by atoms with van der Waals surface area (Å²) < 4.78 is 7.50. The summed E-state index contributed by atoms with van der Waals surface area (Å²) in [4.78, 5) is 0. The van der Waals surface area contributed by atoms with Crippen LogP contribution in [0.5, 0.6) is 5.75 Å². The maximum atomic E-state index is 5.62. The van der Waals surface area contributed by atoms with E-state index in [2.05, 4.69) is 10.3 Å². The molecule has 0 radical (unpaired) electrons. The predicted molar refractivity (Wildman–Crippen MR) is 74.1 cm³/mol. The first-order valence-electron chi connectivity index (χ1n) is 6.52. The highest BCUT2D eigenvalue weighted by atomic mass is 16.5. The van der Waals surface area contributed by atoms with Crippen molar-refractivity contribution in [2.45, 2.75) is 32.9 Å². The molecule has 0 bridgehead atoms. The van der Waals surface area contributed by atoms with Crippen LogP contribution in [0.1, 0.15) is 25.1 Å². The number of benzene rings is 1. The molecule has 1 aromatic heterocycles. The van der Waals surface area contributed by atoms with Crippen molar-refractivity contribution in [2.75, 3.05) is 6.54 Å². The Bertz CT molecular complexity index is 504. The molecule has 1 heterocycles. The van der Waals surface area contributed by atoms with E-state index in [0.29, 0.717) is 13.1 Å². The average Bonchev–Trinajstić information content (AvgIpc) is 2.79. The standard InChI is InChI=1S/C14H20N4O/c1-11(2)19-14-5-3-12(4-6-14)10-18-13(7-8-15)9-16-17-18/h3-6,9,11H,7-8,10,15H2,1-2H3. The number of aromatic nitrogens is 3. The van der Waals surface area contributed by atoms with E-state index in [4.69, 9.17) is 10.5 Å². The molecule has 5 heteroatoms. The van der Waals surface area contributed by atoms with Gasteiger partial charge in [0, 0.05) is 6.42 Å². The summed E-state index contributed by atoms with van der Waals surface area (Å²) >= 11 is 0. The lowest BCUT2D eigenvalue weighted by Crippen LogP contribution is -2.11. The maximum absolute atomic E-state index is 5.62. The van der Waals surface area contributed by atoms with E-state index in [9.17, 15) is 0 Å². The third kappa shape index (κ3) is 3.79. The molecule has 0 aliphatic heterocycles. The van der Waals surface area contributed by atoms with Gasteiger partial charge >= 0.3 is 0 Å². The Morgan fingerprint density at radius 2 is 2.00 bits per heavy atom. The van der Waals surface area contributed by atoms with Crippen molar-refractivity contribution in [2.24, 2.45) is 5.73 Å². The van der Waals surface area contributed by atoms with Crippen LogP contribution in [-0.4, -0.2) is 27.6 Å². The van der Waals surface area contributed by atoms with Gasteiger partial charge in [0.2, 0.25) is 0 Å². The first kappa shape index (κ1) is 13.5. The Hall–Kier alpha value is -1.88. The normalized spacial score (nSPS) is 10.9. The van der Waals surface area contributed by atoms with Gasteiger partial charge in [-0.15, -0.1) is 5.10 Å². The summed E-state index contributed by atoms with van der Waals surface area (Å²) in [6.45, 7) is 5.34. The minimum Gasteiger partial charge on any atom is -0.491 e. The number of hydrogen-bond acceptors (Lipinski definition) is 4. The van der Waals surface area contributed by atoms with Crippen LogP contribution >= 0.6 is 0 Å². The molecule has 0 fully saturated rings. The van der Waals surface area contributed by atoms with Gasteiger partial charge in [-0.1, -0.05) is 17.3 Å². The van der Waals surface area contributed by atoms with Crippen LogP contribution in [0.3, 0.4) is 0 Å².